The van der Waals surface area contributed by atoms with E-state index in [1.807, 2.05) is 0 Å². The van der Waals surface area contributed by atoms with E-state index in [2.05, 4.69) is 10.6 Å². The van der Waals surface area contributed by atoms with Crippen molar-refractivity contribution in [3.8, 4) is 0 Å². The zero-order valence-electron chi connectivity index (χ0n) is 16.2. The Hall–Kier alpha value is -3.30. The molecule has 1 unspecified atom stereocenters. The number of rotatable bonds is 6. The summed E-state index contributed by atoms with van der Waals surface area (Å²) < 4.78 is 15.5. The lowest BCUT2D eigenvalue weighted by Crippen LogP contribution is -2.50. The van der Waals surface area contributed by atoms with Gasteiger partial charge >= 0.3 is 18.0 Å². The minimum atomic E-state index is -0.755. The van der Waals surface area contributed by atoms with Gasteiger partial charge in [-0.05, 0) is 38.8 Å². The van der Waals surface area contributed by atoms with Crippen LogP contribution in [0, 0.1) is 0 Å². The predicted molar refractivity (Wildman–Crippen MR) is 98.5 cm³/mol. The van der Waals surface area contributed by atoms with Crippen LogP contribution in [0.1, 0.15) is 37.2 Å². The van der Waals surface area contributed by atoms with Crippen LogP contribution in [0.2, 0.25) is 0 Å². The summed E-state index contributed by atoms with van der Waals surface area (Å²) in [6.07, 6.45) is 2.50. The number of esters is 2. The van der Waals surface area contributed by atoms with E-state index >= 15 is 0 Å². The maximum atomic E-state index is 12.6. The second kappa shape index (κ2) is 8.80. The highest BCUT2D eigenvalue weighted by atomic mass is 16.5. The molecule has 1 aromatic rings. The molecule has 3 heterocycles. The van der Waals surface area contributed by atoms with Gasteiger partial charge in [0.2, 0.25) is 0 Å². The van der Waals surface area contributed by atoms with Crippen LogP contribution < -0.4 is 10.6 Å². The van der Waals surface area contributed by atoms with Crippen LogP contribution in [-0.4, -0.2) is 60.6 Å². The first kappa shape index (κ1) is 20.4. The highest BCUT2D eigenvalue weighted by molar-refractivity contribution is 5.96. The number of hydrogen-bond donors (Lipinski definition) is 2. The van der Waals surface area contributed by atoms with Crippen molar-refractivity contribution in [2.75, 3.05) is 19.8 Å². The first-order valence-electron chi connectivity index (χ1n) is 9.41. The molecule has 0 aromatic carbocycles. The third-order valence-corrected chi connectivity index (χ3v) is 4.74. The molecule has 156 valence electrons. The number of hydrogen-bond acceptors (Lipinski definition) is 7. The van der Waals surface area contributed by atoms with Crippen LogP contribution in [0.3, 0.4) is 0 Å². The van der Waals surface area contributed by atoms with Crippen molar-refractivity contribution < 1.29 is 33.1 Å². The average molecular weight is 405 g/mol. The fourth-order valence-corrected chi connectivity index (χ4v) is 3.43. The van der Waals surface area contributed by atoms with Crippen molar-refractivity contribution in [3.63, 3.8) is 0 Å². The first-order valence-corrected chi connectivity index (χ1v) is 9.41. The van der Waals surface area contributed by atoms with Crippen molar-refractivity contribution in [1.82, 2.24) is 15.5 Å². The number of likely N-dealkylation sites (tertiary alicyclic amines) is 1. The van der Waals surface area contributed by atoms with Gasteiger partial charge in [-0.25, -0.2) is 14.4 Å². The molecule has 0 spiro atoms. The van der Waals surface area contributed by atoms with Crippen LogP contribution >= 0.6 is 0 Å². The molecule has 0 aliphatic carbocycles. The van der Waals surface area contributed by atoms with Gasteiger partial charge in [0.05, 0.1) is 30.2 Å². The molecule has 29 heavy (non-hydrogen) atoms. The lowest BCUT2D eigenvalue weighted by atomic mass is 10.0. The summed E-state index contributed by atoms with van der Waals surface area (Å²) >= 11 is 0. The fourth-order valence-electron chi connectivity index (χ4n) is 3.43. The van der Waals surface area contributed by atoms with Crippen LogP contribution in [0.25, 0.3) is 0 Å². The summed E-state index contributed by atoms with van der Waals surface area (Å²) in [5, 5.41) is 5.06. The Balaban J connectivity index is 1.70. The fraction of sp³-hybridized carbons (Fsp3) is 0.474. The van der Waals surface area contributed by atoms with E-state index in [0.717, 1.165) is 0 Å². The molecule has 2 aliphatic heterocycles. The SMILES string of the molecule is CCOC(=O)C1=C(COC(=O)[C@@H]2CCCN2C(=O)c2ccco2)NC(=O)NC1C. The zero-order valence-corrected chi connectivity index (χ0v) is 16.2. The van der Waals surface area contributed by atoms with E-state index in [0.29, 0.717) is 19.4 Å². The predicted octanol–water partition coefficient (Wildman–Crippen LogP) is 0.946. The van der Waals surface area contributed by atoms with Gasteiger partial charge in [0, 0.05) is 6.54 Å². The Labute approximate surface area is 167 Å². The number of amides is 3. The third kappa shape index (κ3) is 4.41. The van der Waals surface area contributed by atoms with E-state index in [9.17, 15) is 19.2 Å². The molecule has 3 amide bonds. The number of urea groups is 1. The molecule has 2 atom stereocenters. The molecular weight excluding hydrogens is 382 g/mol. The molecule has 1 saturated heterocycles. The molecule has 1 aromatic heterocycles. The quantitative estimate of drug-likeness (QED) is 0.675. The van der Waals surface area contributed by atoms with Gasteiger partial charge in [-0.15, -0.1) is 0 Å². The molecule has 2 aliphatic rings. The van der Waals surface area contributed by atoms with Gasteiger partial charge in [-0.1, -0.05) is 0 Å². The van der Waals surface area contributed by atoms with E-state index in [1.165, 1.54) is 17.2 Å². The highest BCUT2D eigenvalue weighted by Gasteiger charge is 2.37. The van der Waals surface area contributed by atoms with Crippen molar-refractivity contribution in [1.29, 1.82) is 0 Å². The first-order chi connectivity index (χ1) is 13.9. The highest BCUT2D eigenvalue weighted by Crippen LogP contribution is 2.22. The summed E-state index contributed by atoms with van der Waals surface area (Å²) in [6, 6.07) is 1.27. The maximum absolute atomic E-state index is 12.6. The van der Waals surface area contributed by atoms with E-state index < -0.39 is 30.1 Å². The van der Waals surface area contributed by atoms with E-state index in [1.54, 1.807) is 19.9 Å². The Morgan fingerprint density at radius 1 is 1.31 bits per heavy atom. The second-order valence-corrected chi connectivity index (χ2v) is 6.67. The number of nitrogens with zero attached hydrogens (tertiary/aromatic N) is 1. The number of carbonyl (C=O) groups excluding carboxylic acids is 4. The zero-order chi connectivity index (χ0) is 21.0. The van der Waals surface area contributed by atoms with Gasteiger partial charge in [-0.3, -0.25) is 4.79 Å². The summed E-state index contributed by atoms with van der Waals surface area (Å²) in [6.45, 7) is 3.57. The molecule has 2 N–H and O–H groups in total. The van der Waals surface area contributed by atoms with Crippen LogP contribution in [0.5, 0.6) is 0 Å². The largest absolute Gasteiger partial charge is 0.463 e. The van der Waals surface area contributed by atoms with Gasteiger partial charge in [-0.2, -0.15) is 0 Å². The minimum absolute atomic E-state index is 0.149. The molecule has 0 radical (unpaired) electrons. The van der Waals surface area contributed by atoms with Gasteiger partial charge in [0.1, 0.15) is 12.6 Å². The minimum Gasteiger partial charge on any atom is -0.463 e. The maximum Gasteiger partial charge on any atom is 0.338 e. The Morgan fingerprint density at radius 3 is 2.79 bits per heavy atom. The monoisotopic (exact) mass is 405 g/mol. The van der Waals surface area contributed by atoms with E-state index in [4.69, 9.17) is 13.9 Å². The van der Waals surface area contributed by atoms with Crippen molar-refractivity contribution in [2.45, 2.75) is 38.8 Å². The molecule has 1 fully saturated rings. The molecule has 10 nitrogen and oxygen atoms in total. The average Bonchev–Trinajstić information content (AvgIpc) is 3.37. The topological polar surface area (TPSA) is 127 Å². The van der Waals surface area contributed by atoms with Crippen LogP contribution in [-0.2, 0) is 19.1 Å². The van der Waals surface area contributed by atoms with Gasteiger partial charge < -0.3 is 29.4 Å². The Bertz CT molecular complexity index is 831. The summed E-state index contributed by atoms with van der Waals surface area (Å²) in [7, 11) is 0. The summed E-state index contributed by atoms with van der Waals surface area (Å²) in [4.78, 5) is 50.5. The van der Waals surface area contributed by atoms with Crippen molar-refractivity contribution in [2.24, 2.45) is 0 Å². The van der Waals surface area contributed by atoms with Crippen LogP contribution in [0.15, 0.2) is 34.1 Å². The Morgan fingerprint density at radius 2 is 2.10 bits per heavy atom. The summed E-state index contributed by atoms with van der Waals surface area (Å²) in [5.74, 6) is -1.45. The molecule has 10 heteroatoms. The summed E-state index contributed by atoms with van der Waals surface area (Å²) in [5.41, 5.74) is 0.351. The lowest BCUT2D eigenvalue weighted by molar-refractivity contribution is -0.147. The second-order valence-electron chi connectivity index (χ2n) is 6.67. The lowest BCUT2D eigenvalue weighted by Gasteiger charge is -2.27. The molecule has 0 bridgehead atoms. The van der Waals surface area contributed by atoms with Crippen molar-refractivity contribution >= 4 is 23.9 Å². The Kier molecular flexibility index (Phi) is 6.20. The molecule has 3 rings (SSSR count). The van der Waals surface area contributed by atoms with Gasteiger partial charge in [0.25, 0.3) is 5.91 Å². The number of ether oxygens (including phenoxy) is 2. The normalized spacial score (nSPS) is 21.4. The van der Waals surface area contributed by atoms with E-state index in [-0.39, 0.29) is 36.2 Å². The molecular formula is C19H23N3O7. The number of carbonyl (C=O) groups is 4. The number of furan rings is 1. The smallest absolute Gasteiger partial charge is 0.338 e. The van der Waals surface area contributed by atoms with Crippen LogP contribution in [0.4, 0.5) is 4.79 Å². The molecule has 0 saturated carbocycles. The number of nitrogens with one attached hydrogen (secondary N) is 2. The third-order valence-electron chi connectivity index (χ3n) is 4.74. The van der Waals surface area contributed by atoms with Crippen molar-refractivity contribution in [3.05, 3.63) is 35.4 Å². The van der Waals surface area contributed by atoms with Gasteiger partial charge in [0.15, 0.2) is 5.76 Å². The standard InChI is InChI=1S/C19H23N3O7/c1-3-27-18(25)15-11(2)20-19(26)21-12(15)10-29-17(24)13-6-4-8-22(13)16(23)14-7-5-9-28-14/h5,7,9,11,13H,3-4,6,8,10H2,1-2H3,(H2,20,21,26)/t11?,13-/m0/s1.